The predicted octanol–water partition coefficient (Wildman–Crippen LogP) is 5.21. The first kappa shape index (κ1) is 13.9. The van der Waals surface area contributed by atoms with Crippen molar-refractivity contribution in [2.75, 3.05) is 0 Å². The molecule has 100 valence electrons. The first-order valence-electron chi connectivity index (χ1n) is 7.22. The molecule has 0 nitrogen and oxygen atoms in total. The molecule has 0 unspecified atom stereocenters. The van der Waals surface area contributed by atoms with E-state index in [1.807, 2.05) is 0 Å². The molecular formula is C19H24. The number of benzene rings is 2. The van der Waals surface area contributed by atoms with Gasteiger partial charge in [0.15, 0.2) is 0 Å². The van der Waals surface area contributed by atoms with Crippen LogP contribution in [-0.4, -0.2) is 0 Å². The molecule has 2 aromatic rings. The summed E-state index contributed by atoms with van der Waals surface area (Å²) in [6, 6.07) is 15.3. The minimum atomic E-state index is 0.608. The monoisotopic (exact) mass is 252 g/mol. The smallest absolute Gasteiger partial charge is 0.0213 e. The van der Waals surface area contributed by atoms with Crippen LogP contribution in [0.15, 0.2) is 42.5 Å². The van der Waals surface area contributed by atoms with Crippen LogP contribution >= 0.6 is 0 Å². The molecule has 2 rings (SSSR count). The fraction of sp³-hybridized carbons (Fsp3) is 0.368. The Morgan fingerprint density at radius 2 is 1.53 bits per heavy atom. The van der Waals surface area contributed by atoms with Crippen molar-refractivity contribution in [3.05, 3.63) is 70.3 Å². The van der Waals surface area contributed by atoms with Crippen LogP contribution in [0.3, 0.4) is 0 Å². The molecule has 0 aliphatic heterocycles. The van der Waals surface area contributed by atoms with Gasteiger partial charge in [-0.2, -0.15) is 0 Å². The van der Waals surface area contributed by atoms with Crippen molar-refractivity contribution in [1.29, 1.82) is 0 Å². The van der Waals surface area contributed by atoms with Crippen molar-refractivity contribution in [2.45, 2.75) is 46.5 Å². The summed E-state index contributed by atoms with van der Waals surface area (Å²) in [5, 5.41) is 0. The topological polar surface area (TPSA) is 0 Å². The molecule has 0 heteroatoms. The lowest BCUT2D eigenvalue weighted by molar-refractivity contribution is 0.833. The molecule has 0 atom stereocenters. The molecule has 2 aromatic carbocycles. The molecule has 0 aliphatic rings. The third-order valence-electron chi connectivity index (χ3n) is 3.95. The van der Waals surface area contributed by atoms with E-state index in [-0.39, 0.29) is 0 Å². The van der Waals surface area contributed by atoms with Crippen LogP contribution in [0.2, 0.25) is 0 Å². The van der Waals surface area contributed by atoms with Crippen molar-refractivity contribution in [2.24, 2.45) is 0 Å². The van der Waals surface area contributed by atoms with Gasteiger partial charge in [0.05, 0.1) is 0 Å². The fourth-order valence-electron chi connectivity index (χ4n) is 2.99. The highest BCUT2D eigenvalue weighted by Gasteiger charge is 2.10. The zero-order valence-electron chi connectivity index (χ0n) is 12.5. The van der Waals surface area contributed by atoms with Gasteiger partial charge in [0, 0.05) is 0 Å². The summed E-state index contributed by atoms with van der Waals surface area (Å²) in [5.41, 5.74) is 7.37. The zero-order valence-corrected chi connectivity index (χ0v) is 12.5. The summed E-state index contributed by atoms with van der Waals surface area (Å²) in [5.74, 6) is 0.608. The number of aryl methyl sites for hydroxylation is 3. The number of hydrogen-bond acceptors (Lipinski definition) is 0. The van der Waals surface area contributed by atoms with Gasteiger partial charge >= 0.3 is 0 Å². The summed E-state index contributed by atoms with van der Waals surface area (Å²) >= 11 is 0. The molecule has 0 spiro atoms. The highest BCUT2D eigenvalue weighted by atomic mass is 14.2. The van der Waals surface area contributed by atoms with E-state index in [0.29, 0.717) is 5.92 Å². The number of hydrogen-bond donors (Lipinski definition) is 0. The third kappa shape index (κ3) is 3.26. The van der Waals surface area contributed by atoms with Crippen LogP contribution in [0.4, 0.5) is 0 Å². The molecule has 0 bridgehead atoms. The summed E-state index contributed by atoms with van der Waals surface area (Å²) < 4.78 is 0. The van der Waals surface area contributed by atoms with Crippen LogP contribution in [-0.2, 0) is 12.8 Å². The summed E-state index contributed by atoms with van der Waals surface area (Å²) in [4.78, 5) is 0. The Labute approximate surface area is 117 Å². The lowest BCUT2D eigenvalue weighted by Crippen LogP contribution is -2.02. The van der Waals surface area contributed by atoms with Gasteiger partial charge in [-0.15, -0.1) is 0 Å². The quantitative estimate of drug-likeness (QED) is 0.700. The second kappa shape index (κ2) is 6.06. The van der Waals surface area contributed by atoms with Crippen LogP contribution in [0, 0.1) is 13.8 Å². The first-order valence-corrected chi connectivity index (χ1v) is 7.22. The first-order chi connectivity index (χ1) is 9.09. The van der Waals surface area contributed by atoms with E-state index in [9.17, 15) is 0 Å². The molecule has 0 heterocycles. The average Bonchev–Trinajstić information content (AvgIpc) is 2.38. The summed E-state index contributed by atoms with van der Waals surface area (Å²) in [6.45, 7) is 9.08. The predicted molar refractivity (Wildman–Crippen MR) is 83.9 cm³/mol. The van der Waals surface area contributed by atoms with E-state index in [1.54, 1.807) is 0 Å². The summed E-state index contributed by atoms with van der Waals surface area (Å²) in [6.07, 6.45) is 2.26. The normalized spacial score (nSPS) is 11.0. The SMILES string of the molecule is Cc1ccc(CCc2ccccc2)c(C)c1C(C)C. The average molecular weight is 252 g/mol. The highest BCUT2D eigenvalue weighted by molar-refractivity contribution is 5.42. The van der Waals surface area contributed by atoms with E-state index in [1.165, 1.54) is 27.8 Å². The van der Waals surface area contributed by atoms with Crippen LogP contribution in [0.1, 0.15) is 47.6 Å². The number of rotatable bonds is 4. The van der Waals surface area contributed by atoms with Crippen molar-refractivity contribution in [3.63, 3.8) is 0 Å². The molecule has 19 heavy (non-hydrogen) atoms. The molecule has 0 radical (unpaired) electrons. The molecular weight excluding hydrogens is 228 g/mol. The van der Waals surface area contributed by atoms with Gasteiger partial charge in [0.1, 0.15) is 0 Å². The Bertz CT molecular complexity index is 535. The van der Waals surface area contributed by atoms with Gasteiger partial charge in [0.2, 0.25) is 0 Å². The fourth-order valence-corrected chi connectivity index (χ4v) is 2.99. The molecule has 0 fully saturated rings. The second-order valence-corrected chi connectivity index (χ2v) is 5.72. The van der Waals surface area contributed by atoms with Crippen LogP contribution in [0.25, 0.3) is 0 Å². The Morgan fingerprint density at radius 1 is 0.842 bits per heavy atom. The van der Waals surface area contributed by atoms with Gasteiger partial charge in [-0.3, -0.25) is 0 Å². The van der Waals surface area contributed by atoms with Crippen LogP contribution < -0.4 is 0 Å². The van der Waals surface area contributed by atoms with Gasteiger partial charge in [-0.1, -0.05) is 56.3 Å². The Hall–Kier alpha value is -1.56. The van der Waals surface area contributed by atoms with Crippen molar-refractivity contribution in [3.8, 4) is 0 Å². The van der Waals surface area contributed by atoms with E-state index in [2.05, 4.69) is 70.2 Å². The van der Waals surface area contributed by atoms with E-state index in [4.69, 9.17) is 0 Å². The Morgan fingerprint density at radius 3 is 2.16 bits per heavy atom. The van der Waals surface area contributed by atoms with Gasteiger partial charge in [0.25, 0.3) is 0 Å². The second-order valence-electron chi connectivity index (χ2n) is 5.72. The maximum Gasteiger partial charge on any atom is -0.0213 e. The minimum absolute atomic E-state index is 0.608. The highest BCUT2D eigenvalue weighted by Crippen LogP contribution is 2.26. The minimum Gasteiger partial charge on any atom is -0.0622 e. The van der Waals surface area contributed by atoms with Gasteiger partial charge in [-0.25, -0.2) is 0 Å². The molecule has 0 aliphatic carbocycles. The van der Waals surface area contributed by atoms with Crippen molar-refractivity contribution >= 4 is 0 Å². The standard InChI is InChI=1S/C19H24/c1-14(2)19-15(3)10-12-18(16(19)4)13-11-17-8-6-5-7-9-17/h5-10,12,14H,11,13H2,1-4H3. The Kier molecular flexibility index (Phi) is 4.42. The largest absolute Gasteiger partial charge is 0.0622 e. The molecule has 0 saturated carbocycles. The van der Waals surface area contributed by atoms with E-state index < -0.39 is 0 Å². The van der Waals surface area contributed by atoms with Gasteiger partial charge < -0.3 is 0 Å². The van der Waals surface area contributed by atoms with E-state index >= 15 is 0 Å². The maximum atomic E-state index is 2.31. The lowest BCUT2D eigenvalue weighted by atomic mass is 9.88. The van der Waals surface area contributed by atoms with Gasteiger partial charge in [-0.05, 0) is 60.4 Å². The third-order valence-corrected chi connectivity index (χ3v) is 3.95. The maximum absolute atomic E-state index is 2.31. The molecule has 0 N–H and O–H groups in total. The van der Waals surface area contributed by atoms with Crippen LogP contribution in [0.5, 0.6) is 0 Å². The lowest BCUT2D eigenvalue weighted by Gasteiger charge is -2.17. The van der Waals surface area contributed by atoms with E-state index in [0.717, 1.165) is 12.8 Å². The van der Waals surface area contributed by atoms with Crippen molar-refractivity contribution < 1.29 is 0 Å². The summed E-state index contributed by atoms with van der Waals surface area (Å²) in [7, 11) is 0. The molecule has 0 aromatic heterocycles. The molecule has 0 amide bonds. The van der Waals surface area contributed by atoms with Crippen molar-refractivity contribution in [1.82, 2.24) is 0 Å². The molecule has 0 saturated heterocycles. The Balaban J connectivity index is 2.20. The zero-order chi connectivity index (χ0) is 13.8.